The van der Waals surface area contributed by atoms with Crippen molar-refractivity contribution in [2.24, 2.45) is 0 Å². The Morgan fingerprint density at radius 2 is 2.20 bits per heavy atom. The average Bonchev–Trinajstić information content (AvgIpc) is 2.38. The average molecular weight is 366 g/mol. The third-order valence-corrected chi connectivity index (χ3v) is 3.62. The maximum atomic E-state index is 11.7. The summed E-state index contributed by atoms with van der Waals surface area (Å²) in [5, 5.41) is 14.3. The number of carbonyl (C=O) groups is 2. The van der Waals surface area contributed by atoms with Crippen molar-refractivity contribution in [3.63, 3.8) is 0 Å². The third-order valence-electron chi connectivity index (χ3n) is 2.39. The smallest absolute Gasteiger partial charge is 0.326 e. The predicted octanol–water partition coefficient (Wildman–Crippen LogP) is 2.71. The number of ether oxygens (including phenoxy) is 1. The monoisotopic (exact) mass is 364 g/mol. The van der Waals surface area contributed by atoms with E-state index in [1.54, 1.807) is 18.2 Å². The molecule has 0 aliphatic rings. The molecule has 6 nitrogen and oxygen atoms in total. The van der Waals surface area contributed by atoms with E-state index in [1.165, 1.54) is 7.11 Å². The van der Waals surface area contributed by atoms with Crippen LogP contribution in [0.1, 0.15) is 6.42 Å². The van der Waals surface area contributed by atoms with E-state index in [1.807, 2.05) is 0 Å². The maximum Gasteiger partial charge on any atom is 0.326 e. The van der Waals surface area contributed by atoms with Crippen molar-refractivity contribution in [2.75, 3.05) is 19.0 Å². The van der Waals surface area contributed by atoms with Gasteiger partial charge in [-0.05, 0) is 34.1 Å². The van der Waals surface area contributed by atoms with Crippen molar-refractivity contribution in [3.05, 3.63) is 27.7 Å². The molecule has 0 saturated carbocycles. The summed E-state index contributed by atoms with van der Waals surface area (Å²) >= 11 is 9.12. The first-order chi connectivity index (χ1) is 9.43. The fourth-order valence-electron chi connectivity index (χ4n) is 1.39. The molecule has 1 aromatic rings. The fraction of sp³-hybridized carbons (Fsp3) is 0.333. The number of nitrogens with one attached hydrogen (secondary N) is 2. The number of urea groups is 1. The van der Waals surface area contributed by atoms with Crippen LogP contribution in [0, 0.1) is 0 Å². The highest BCUT2D eigenvalue weighted by Crippen LogP contribution is 2.25. The topological polar surface area (TPSA) is 87.7 Å². The van der Waals surface area contributed by atoms with E-state index in [0.717, 1.165) is 0 Å². The van der Waals surface area contributed by atoms with Gasteiger partial charge >= 0.3 is 12.0 Å². The number of carbonyl (C=O) groups excluding carboxylic acids is 1. The van der Waals surface area contributed by atoms with E-state index in [-0.39, 0.29) is 13.0 Å². The molecule has 8 heteroatoms. The number of benzene rings is 1. The minimum Gasteiger partial charge on any atom is -0.480 e. The van der Waals surface area contributed by atoms with Crippen molar-refractivity contribution in [1.29, 1.82) is 0 Å². The van der Waals surface area contributed by atoms with Gasteiger partial charge in [-0.3, -0.25) is 0 Å². The number of halogens is 2. The van der Waals surface area contributed by atoms with Crippen LogP contribution < -0.4 is 10.6 Å². The van der Waals surface area contributed by atoms with Crippen molar-refractivity contribution in [2.45, 2.75) is 12.5 Å². The number of hydrogen-bond acceptors (Lipinski definition) is 3. The molecule has 0 aromatic heterocycles. The first-order valence-corrected chi connectivity index (χ1v) is 6.85. The van der Waals surface area contributed by atoms with Crippen LogP contribution >= 0.6 is 27.5 Å². The van der Waals surface area contributed by atoms with Crippen molar-refractivity contribution < 1.29 is 19.4 Å². The molecule has 1 rings (SSSR count). The van der Waals surface area contributed by atoms with Crippen molar-refractivity contribution in [3.8, 4) is 0 Å². The van der Waals surface area contributed by atoms with Crippen LogP contribution in [0.25, 0.3) is 0 Å². The van der Waals surface area contributed by atoms with Gasteiger partial charge in [0.15, 0.2) is 0 Å². The summed E-state index contributed by atoms with van der Waals surface area (Å²) in [5.74, 6) is -1.12. The summed E-state index contributed by atoms with van der Waals surface area (Å²) in [6, 6.07) is 3.24. The molecule has 1 atom stereocenters. The molecular formula is C12H14BrClN2O4. The standard InChI is InChI=1S/C12H14BrClN2O4/c1-20-5-4-10(11(17)18)16-12(19)15-7-2-3-8(13)9(14)6-7/h2-3,6,10H,4-5H2,1H3,(H,17,18)(H2,15,16,19). The van der Waals surface area contributed by atoms with Crippen LogP contribution in [0.3, 0.4) is 0 Å². The zero-order chi connectivity index (χ0) is 15.1. The van der Waals surface area contributed by atoms with Crippen LogP contribution in [-0.2, 0) is 9.53 Å². The molecule has 0 heterocycles. The molecule has 1 aromatic carbocycles. The quantitative estimate of drug-likeness (QED) is 0.723. The van der Waals surface area contributed by atoms with E-state index in [9.17, 15) is 9.59 Å². The molecule has 20 heavy (non-hydrogen) atoms. The molecule has 0 fully saturated rings. The van der Waals surface area contributed by atoms with Gasteiger partial charge in [0.25, 0.3) is 0 Å². The lowest BCUT2D eigenvalue weighted by Crippen LogP contribution is -2.43. The lowest BCUT2D eigenvalue weighted by Gasteiger charge is -2.15. The summed E-state index contributed by atoms with van der Waals surface area (Å²) in [6.45, 7) is 0.237. The summed E-state index contributed by atoms with van der Waals surface area (Å²) in [5.41, 5.74) is 0.464. The van der Waals surface area contributed by atoms with Gasteiger partial charge < -0.3 is 20.5 Å². The van der Waals surface area contributed by atoms with Crippen molar-refractivity contribution >= 4 is 45.2 Å². The van der Waals surface area contributed by atoms with E-state index < -0.39 is 18.0 Å². The van der Waals surface area contributed by atoms with Gasteiger partial charge in [-0.15, -0.1) is 0 Å². The lowest BCUT2D eigenvalue weighted by atomic mass is 10.2. The molecule has 1 unspecified atom stereocenters. The van der Waals surface area contributed by atoms with Crippen LogP contribution in [0.15, 0.2) is 22.7 Å². The molecule has 0 bridgehead atoms. The van der Waals surface area contributed by atoms with Gasteiger partial charge in [-0.25, -0.2) is 9.59 Å². The first kappa shape index (κ1) is 16.7. The Bertz CT molecular complexity index is 498. The number of anilines is 1. The van der Waals surface area contributed by atoms with Crippen LogP contribution in [0.5, 0.6) is 0 Å². The number of hydrogen-bond donors (Lipinski definition) is 3. The molecule has 3 N–H and O–H groups in total. The highest BCUT2D eigenvalue weighted by Gasteiger charge is 2.19. The molecular weight excluding hydrogens is 351 g/mol. The number of carboxylic acid groups (broad SMARTS) is 1. The minimum absolute atomic E-state index is 0.181. The normalized spacial score (nSPS) is 11.8. The second-order valence-electron chi connectivity index (χ2n) is 3.90. The largest absolute Gasteiger partial charge is 0.480 e. The zero-order valence-corrected chi connectivity index (χ0v) is 13.0. The van der Waals surface area contributed by atoms with Crippen molar-refractivity contribution in [1.82, 2.24) is 5.32 Å². The van der Waals surface area contributed by atoms with Gasteiger partial charge in [0.1, 0.15) is 6.04 Å². The Morgan fingerprint density at radius 3 is 2.75 bits per heavy atom. The molecule has 2 amide bonds. The summed E-state index contributed by atoms with van der Waals surface area (Å²) < 4.78 is 5.50. The molecule has 0 aliphatic heterocycles. The number of rotatable bonds is 6. The number of methoxy groups -OCH3 is 1. The maximum absolute atomic E-state index is 11.7. The Morgan fingerprint density at radius 1 is 1.50 bits per heavy atom. The highest BCUT2D eigenvalue weighted by molar-refractivity contribution is 9.10. The van der Waals surface area contributed by atoms with Gasteiger partial charge in [0.2, 0.25) is 0 Å². The Hall–Kier alpha value is -1.31. The molecule has 0 spiro atoms. The van der Waals surface area contributed by atoms with Crippen LogP contribution in [0.2, 0.25) is 5.02 Å². The second-order valence-corrected chi connectivity index (χ2v) is 5.16. The van der Waals surface area contributed by atoms with Gasteiger partial charge in [-0.1, -0.05) is 11.6 Å². The van der Waals surface area contributed by atoms with E-state index in [0.29, 0.717) is 15.2 Å². The Balaban J connectivity index is 2.60. The lowest BCUT2D eigenvalue weighted by molar-refractivity contribution is -0.139. The first-order valence-electron chi connectivity index (χ1n) is 5.68. The molecule has 0 radical (unpaired) electrons. The van der Waals surface area contributed by atoms with Gasteiger partial charge in [-0.2, -0.15) is 0 Å². The SMILES string of the molecule is COCCC(NC(=O)Nc1ccc(Br)c(Cl)c1)C(=O)O. The summed E-state index contributed by atoms with van der Waals surface area (Å²) in [6.07, 6.45) is 0.181. The minimum atomic E-state index is -1.12. The fourth-order valence-corrected chi connectivity index (χ4v) is 1.82. The van der Waals surface area contributed by atoms with Gasteiger partial charge in [0.05, 0.1) is 5.02 Å². The third kappa shape index (κ3) is 5.36. The molecule has 0 saturated heterocycles. The number of aliphatic carboxylic acids is 1. The summed E-state index contributed by atoms with van der Waals surface area (Å²) in [4.78, 5) is 22.7. The Labute approximate surface area is 129 Å². The number of amides is 2. The predicted molar refractivity (Wildman–Crippen MR) is 79.2 cm³/mol. The molecule has 0 aliphatic carbocycles. The van der Waals surface area contributed by atoms with Crippen LogP contribution in [0.4, 0.5) is 10.5 Å². The second kappa shape index (κ2) is 8.08. The molecule has 110 valence electrons. The van der Waals surface area contributed by atoms with E-state index in [4.69, 9.17) is 21.4 Å². The van der Waals surface area contributed by atoms with E-state index >= 15 is 0 Å². The van der Waals surface area contributed by atoms with Gasteiger partial charge in [0, 0.05) is 30.3 Å². The summed E-state index contributed by atoms with van der Waals surface area (Å²) in [7, 11) is 1.46. The Kier molecular flexibility index (Phi) is 6.77. The highest BCUT2D eigenvalue weighted by atomic mass is 79.9. The van der Waals surface area contributed by atoms with Crippen LogP contribution in [-0.4, -0.2) is 36.9 Å². The van der Waals surface area contributed by atoms with E-state index in [2.05, 4.69) is 26.6 Å². The zero-order valence-electron chi connectivity index (χ0n) is 10.7. The number of carboxylic acids is 1.